The molecule has 6 nitrogen and oxygen atoms in total. The number of likely N-dealkylation sites (N-methyl/N-ethyl adjacent to an activating group) is 1. The summed E-state index contributed by atoms with van der Waals surface area (Å²) in [6.07, 6.45) is 2.25. The fraction of sp³-hybridized carbons (Fsp3) is 0.538. The maximum atomic E-state index is 6.11. The number of hydrogen-bond acceptors (Lipinski definition) is 6. The van der Waals surface area contributed by atoms with Gasteiger partial charge in [0, 0.05) is 18.4 Å². The van der Waals surface area contributed by atoms with E-state index in [9.17, 15) is 0 Å². The Morgan fingerprint density at radius 1 is 1.29 bits per heavy atom. The van der Waals surface area contributed by atoms with Crippen LogP contribution in [-0.4, -0.2) is 33.2 Å². The summed E-state index contributed by atoms with van der Waals surface area (Å²) in [7, 11) is 1.89. The molecule has 0 aliphatic carbocycles. The highest BCUT2D eigenvalue weighted by Crippen LogP contribution is 2.25. The van der Waals surface area contributed by atoms with E-state index >= 15 is 0 Å². The second-order valence-corrected chi connectivity index (χ2v) is 5.40. The molecule has 1 N–H and O–H groups in total. The Bertz CT molecular complexity index is 588. The number of rotatable bonds is 5. The van der Waals surface area contributed by atoms with E-state index in [1.165, 1.54) is 0 Å². The summed E-state index contributed by atoms with van der Waals surface area (Å²) in [5.74, 6) is 1.87. The monoisotopic (exact) mass is 331 g/mol. The smallest absolute Gasteiger partial charge is 0.278 e. The second-order valence-electron chi connectivity index (χ2n) is 4.99. The van der Waals surface area contributed by atoms with E-state index in [1.54, 1.807) is 6.20 Å². The molecule has 0 saturated heterocycles. The lowest BCUT2D eigenvalue weighted by Crippen LogP contribution is -2.24. The molecule has 1 atom stereocenters. The molecule has 0 fully saturated rings. The van der Waals surface area contributed by atoms with Crippen molar-refractivity contribution in [2.45, 2.75) is 39.2 Å². The van der Waals surface area contributed by atoms with Crippen LogP contribution in [0, 0.1) is 0 Å². The van der Waals surface area contributed by atoms with E-state index < -0.39 is 0 Å². The second kappa shape index (κ2) is 7.68. The van der Waals surface area contributed by atoms with E-state index in [0.29, 0.717) is 34.7 Å². The molecule has 0 aromatic carbocycles. The van der Waals surface area contributed by atoms with Crippen molar-refractivity contribution >= 4 is 24.0 Å². The minimum Gasteiger partial charge on any atom is -0.332 e. The van der Waals surface area contributed by atoms with E-state index in [4.69, 9.17) is 16.1 Å². The first-order chi connectivity index (χ1) is 9.51. The van der Waals surface area contributed by atoms with Crippen LogP contribution < -0.4 is 5.32 Å². The van der Waals surface area contributed by atoms with Gasteiger partial charge in [0.05, 0.1) is 11.2 Å². The summed E-state index contributed by atoms with van der Waals surface area (Å²) in [5.41, 5.74) is 0.487. The van der Waals surface area contributed by atoms with Crippen LogP contribution in [0.1, 0.15) is 38.3 Å². The van der Waals surface area contributed by atoms with Crippen LogP contribution in [0.15, 0.2) is 10.7 Å². The molecule has 116 valence electrons. The Kier molecular flexibility index (Phi) is 6.51. The highest BCUT2D eigenvalue weighted by Gasteiger charge is 2.17. The van der Waals surface area contributed by atoms with E-state index in [0.717, 1.165) is 0 Å². The molecule has 0 aliphatic rings. The van der Waals surface area contributed by atoms with Crippen molar-refractivity contribution < 1.29 is 4.52 Å². The lowest BCUT2D eigenvalue weighted by atomic mass is 10.2. The molecule has 2 aromatic rings. The zero-order valence-corrected chi connectivity index (χ0v) is 14.0. The highest BCUT2D eigenvalue weighted by atomic mass is 35.5. The summed E-state index contributed by atoms with van der Waals surface area (Å²) >= 11 is 6.11. The minimum atomic E-state index is 0. The number of aromatic nitrogens is 4. The van der Waals surface area contributed by atoms with Crippen LogP contribution in [0.2, 0.25) is 5.02 Å². The van der Waals surface area contributed by atoms with Gasteiger partial charge in [-0.05, 0) is 14.0 Å². The van der Waals surface area contributed by atoms with Crippen LogP contribution in [0.25, 0.3) is 11.6 Å². The average Bonchev–Trinajstić information content (AvgIpc) is 2.87. The molecule has 0 aliphatic heterocycles. The van der Waals surface area contributed by atoms with Crippen molar-refractivity contribution in [2.24, 2.45) is 0 Å². The predicted octanol–water partition coefficient (Wildman–Crippen LogP) is 2.88. The van der Waals surface area contributed by atoms with Gasteiger partial charge in [-0.15, -0.1) is 12.4 Å². The molecule has 8 heteroatoms. The van der Waals surface area contributed by atoms with Gasteiger partial charge in [0.2, 0.25) is 0 Å². The maximum Gasteiger partial charge on any atom is 0.278 e. The van der Waals surface area contributed by atoms with Crippen molar-refractivity contribution in [3.8, 4) is 11.6 Å². The van der Waals surface area contributed by atoms with E-state index in [1.807, 2.05) is 27.8 Å². The molecule has 0 bridgehead atoms. The van der Waals surface area contributed by atoms with Gasteiger partial charge in [0.15, 0.2) is 11.5 Å². The lowest BCUT2D eigenvalue weighted by Gasteiger charge is -2.05. The van der Waals surface area contributed by atoms with Gasteiger partial charge in [-0.25, -0.2) is 9.97 Å². The molecule has 0 radical (unpaired) electrons. The largest absolute Gasteiger partial charge is 0.332 e. The van der Waals surface area contributed by atoms with Crippen LogP contribution in [-0.2, 0) is 6.42 Å². The first kappa shape index (κ1) is 17.8. The van der Waals surface area contributed by atoms with Gasteiger partial charge < -0.3 is 9.84 Å². The van der Waals surface area contributed by atoms with Gasteiger partial charge in [-0.2, -0.15) is 4.98 Å². The summed E-state index contributed by atoms with van der Waals surface area (Å²) in [6.45, 7) is 6.08. The van der Waals surface area contributed by atoms with Gasteiger partial charge in [-0.3, -0.25) is 0 Å². The SMILES string of the molecule is CNC(C)Cc1noc(-c2nc(C(C)C)ncc2Cl)n1.Cl. The summed E-state index contributed by atoms with van der Waals surface area (Å²) in [5, 5.41) is 7.48. The standard InChI is InChI=1S/C13H18ClN5O.ClH/c1-7(2)12-16-6-9(14)11(18-12)13-17-10(19-20-13)5-8(3)15-4;/h6-8,15H,5H2,1-4H3;1H. The van der Waals surface area contributed by atoms with Crippen LogP contribution >= 0.6 is 24.0 Å². The van der Waals surface area contributed by atoms with Gasteiger partial charge in [-0.1, -0.05) is 30.6 Å². The summed E-state index contributed by atoms with van der Waals surface area (Å²) < 4.78 is 5.25. The molecule has 0 saturated carbocycles. The summed E-state index contributed by atoms with van der Waals surface area (Å²) in [4.78, 5) is 12.9. The highest BCUT2D eigenvalue weighted by molar-refractivity contribution is 6.32. The molecule has 21 heavy (non-hydrogen) atoms. The van der Waals surface area contributed by atoms with Crippen LogP contribution in [0.4, 0.5) is 0 Å². The third-order valence-corrected chi connectivity index (χ3v) is 3.21. The molecule has 0 amide bonds. The molecular formula is C13H19Cl2N5O. The van der Waals surface area contributed by atoms with Gasteiger partial charge in [0.1, 0.15) is 5.82 Å². The Morgan fingerprint density at radius 2 is 2.00 bits per heavy atom. The van der Waals surface area contributed by atoms with Crippen molar-refractivity contribution in [1.29, 1.82) is 0 Å². The third-order valence-electron chi connectivity index (χ3n) is 2.93. The molecule has 1 unspecified atom stereocenters. The number of hydrogen-bond donors (Lipinski definition) is 1. The van der Waals surface area contributed by atoms with Crippen molar-refractivity contribution in [2.75, 3.05) is 7.05 Å². The number of nitrogens with zero attached hydrogens (tertiary/aromatic N) is 4. The minimum absolute atomic E-state index is 0. The first-order valence-electron chi connectivity index (χ1n) is 6.54. The molecule has 2 aromatic heterocycles. The van der Waals surface area contributed by atoms with E-state index in [-0.39, 0.29) is 24.4 Å². The Labute approximate surface area is 135 Å². The van der Waals surface area contributed by atoms with Crippen LogP contribution in [0.5, 0.6) is 0 Å². The predicted molar refractivity (Wildman–Crippen MR) is 83.9 cm³/mol. The first-order valence-corrected chi connectivity index (χ1v) is 6.91. The fourth-order valence-corrected chi connectivity index (χ4v) is 1.79. The third kappa shape index (κ3) is 4.36. The molecule has 2 heterocycles. The average molecular weight is 332 g/mol. The molecule has 0 spiro atoms. The maximum absolute atomic E-state index is 6.11. The van der Waals surface area contributed by atoms with Crippen molar-refractivity contribution in [1.82, 2.24) is 25.4 Å². The fourth-order valence-electron chi connectivity index (χ4n) is 1.62. The van der Waals surface area contributed by atoms with Gasteiger partial charge >= 0.3 is 0 Å². The van der Waals surface area contributed by atoms with Crippen molar-refractivity contribution in [3.63, 3.8) is 0 Å². The quantitative estimate of drug-likeness (QED) is 0.907. The Balaban J connectivity index is 0.00000220. The lowest BCUT2D eigenvalue weighted by molar-refractivity contribution is 0.417. The van der Waals surface area contributed by atoms with E-state index in [2.05, 4.69) is 25.4 Å². The Morgan fingerprint density at radius 3 is 2.62 bits per heavy atom. The molecule has 2 rings (SSSR count). The number of nitrogens with one attached hydrogen (secondary N) is 1. The zero-order chi connectivity index (χ0) is 14.7. The van der Waals surface area contributed by atoms with Crippen LogP contribution in [0.3, 0.4) is 0 Å². The van der Waals surface area contributed by atoms with Crippen molar-refractivity contribution in [3.05, 3.63) is 22.9 Å². The number of halogens is 2. The zero-order valence-electron chi connectivity index (χ0n) is 12.4. The van der Waals surface area contributed by atoms with Gasteiger partial charge in [0.25, 0.3) is 5.89 Å². The topological polar surface area (TPSA) is 76.7 Å². The summed E-state index contributed by atoms with van der Waals surface area (Å²) in [6, 6.07) is 0.271. The molecular weight excluding hydrogens is 313 g/mol. The Hall–Kier alpha value is -1.24. The normalized spacial score (nSPS) is 12.3.